The Morgan fingerprint density at radius 1 is 1.15 bits per heavy atom. The molecule has 5 atom stereocenters. The maximum absolute atomic E-state index is 9.40. The van der Waals surface area contributed by atoms with Crippen molar-refractivity contribution in [3.8, 4) is 0 Å². The van der Waals surface area contributed by atoms with Crippen molar-refractivity contribution in [2.45, 2.75) is 44.6 Å². The number of ether oxygens (including phenoxy) is 2. The van der Waals surface area contributed by atoms with Crippen LogP contribution in [-0.2, 0) is 9.47 Å². The SMILES string of the molecule is CCOC1O[C@H](C)[C@@H](O)[C@H](O)[C@H]1O. The van der Waals surface area contributed by atoms with Gasteiger partial charge in [0.1, 0.15) is 18.3 Å². The molecule has 5 heteroatoms. The summed E-state index contributed by atoms with van der Waals surface area (Å²) in [5.41, 5.74) is 0. The van der Waals surface area contributed by atoms with Gasteiger partial charge in [-0.1, -0.05) is 0 Å². The lowest BCUT2D eigenvalue weighted by molar-refractivity contribution is -0.291. The predicted octanol–water partition coefficient (Wildman–Crippen LogP) is -1.15. The van der Waals surface area contributed by atoms with Gasteiger partial charge in [0.25, 0.3) is 0 Å². The number of rotatable bonds is 2. The zero-order valence-electron chi connectivity index (χ0n) is 7.75. The van der Waals surface area contributed by atoms with E-state index < -0.39 is 30.7 Å². The van der Waals surface area contributed by atoms with Crippen molar-refractivity contribution < 1.29 is 24.8 Å². The van der Waals surface area contributed by atoms with E-state index in [-0.39, 0.29) is 0 Å². The van der Waals surface area contributed by atoms with Crippen LogP contribution < -0.4 is 0 Å². The minimum Gasteiger partial charge on any atom is -0.388 e. The number of hydrogen-bond acceptors (Lipinski definition) is 5. The second kappa shape index (κ2) is 4.34. The van der Waals surface area contributed by atoms with Gasteiger partial charge in [-0.15, -0.1) is 0 Å². The summed E-state index contributed by atoms with van der Waals surface area (Å²) in [5, 5.41) is 28.1. The molecule has 0 saturated carbocycles. The first-order valence-corrected chi connectivity index (χ1v) is 4.39. The van der Waals surface area contributed by atoms with E-state index in [9.17, 15) is 15.3 Å². The zero-order valence-corrected chi connectivity index (χ0v) is 7.75. The van der Waals surface area contributed by atoms with Gasteiger partial charge in [-0.05, 0) is 13.8 Å². The van der Waals surface area contributed by atoms with E-state index in [0.717, 1.165) is 0 Å². The molecule has 0 bridgehead atoms. The van der Waals surface area contributed by atoms with Gasteiger partial charge in [-0.3, -0.25) is 0 Å². The summed E-state index contributed by atoms with van der Waals surface area (Å²) >= 11 is 0. The molecule has 0 aromatic rings. The third-order valence-corrected chi connectivity index (χ3v) is 2.14. The summed E-state index contributed by atoms with van der Waals surface area (Å²) in [6, 6.07) is 0. The van der Waals surface area contributed by atoms with Crippen LogP contribution in [0.5, 0.6) is 0 Å². The Morgan fingerprint density at radius 3 is 2.31 bits per heavy atom. The largest absolute Gasteiger partial charge is 0.388 e. The van der Waals surface area contributed by atoms with Gasteiger partial charge in [0.2, 0.25) is 0 Å². The summed E-state index contributed by atoms with van der Waals surface area (Å²) in [5.74, 6) is 0. The third kappa shape index (κ3) is 2.18. The van der Waals surface area contributed by atoms with Gasteiger partial charge in [-0.2, -0.15) is 0 Å². The fourth-order valence-electron chi connectivity index (χ4n) is 1.32. The van der Waals surface area contributed by atoms with Crippen molar-refractivity contribution in [1.29, 1.82) is 0 Å². The Kier molecular flexibility index (Phi) is 3.63. The van der Waals surface area contributed by atoms with E-state index in [1.807, 2.05) is 0 Å². The van der Waals surface area contributed by atoms with Crippen LogP contribution in [0.1, 0.15) is 13.8 Å². The molecule has 1 unspecified atom stereocenters. The van der Waals surface area contributed by atoms with E-state index in [1.54, 1.807) is 13.8 Å². The first-order valence-electron chi connectivity index (χ1n) is 4.39. The normalized spacial score (nSPS) is 46.4. The highest BCUT2D eigenvalue weighted by Crippen LogP contribution is 2.21. The molecule has 78 valence electrons. The molecular formula is C8H16O5. The molecule has 1 rings (SSSR count). The summed E-state index contributed by atoms with van der Waals surface area (Å²) < 4.78 is 10.2. The Morgan fingerprint density at radius 2 is 1.77 bits per heavy atom. The van der Waals surface area contributed by atoms with Crippen LogP contribution in [0, 0.1) is 0 Å². The minimum atomic E-state index is -1.21. The molecule has 0 radical (unpaired) electrons. The fourth-order valence-corrected chi connectivity index (χ4v) is 1.32. The zero-order chi connectivity index (χ0) is 10.0. The average Bonchev–Trinajstić information content (AvgIpc) is 2.11. The van der Waals surface area contributed by atoms with Crippen molar-refractivity contribution in [2.24, 2.45) is 0 Å². The summed E-state index contributed by atoms with van der Waals surface area (Å²) in [7, 11) is 0. The van der Waals surface area contributed by atoms with E-state index >= 15 is 0 Å². The molecule has 0 aromatic heterocycles. The van der Waals surface area contributed by atoms with Gasteiger partial charge in [0, 0.05) is 6.61 Å². The predicted molar refractivity (Wildman–Crippen MR) is 44.0 cm³/mol. The number of aliphatic hydroxyl groups is 3. The van der Waals surface area contributed by atoms with Gasteiger partial charge >= 0.3 is 0 Å². The second-order valence-electron chi connectivity index (χ2n) is 3.14. The fraction of sp³-hybridized carbons (Fsp3) is 1.00. The lowest BCUT2D eigenvalue weighted by Crippen LogP contribution is -2.57. The molecule has 13 heavy (non-hydrogen) atoms. The van der Waals surface area contributed by atoms with Crippen LogP contribution in [-0.4, -0.2) is 52.6 Å². The maximum Gasteiger partial charge on any atom is 0.186 e. The minimum absolute atomic E-state index is 0.386. The average molecular weight is 192 g/mol. The molecule has 5 nitrogen and oxygen atoms in total. The maximum atomic E-state index is 9.40. The first kappa shape index (κ1) is 10.9. The number of aliphatic hydroxyl groups excluding tert-OH is 3. The molecule has 0 spiro atoms. The quantitative estimate of drug-likeness (QED) is 0.515. The lowest BCUT2D eigenvalue weighted by Gasteiger charge is -2.38. The highest BCUT2D eigenvalue weighted by atomic mass is 16.7. The molecule has 1 aliphatic heterocycles. The van der Waals surface area contributed by atoms with Crippen molar-refractivity contribution >= 4 is 0 Å². The Bertz CT molecular complexity index is 163. The monoisotopic (exact) mass is 192 g/mol. The summed E-state index contributed by atoms with van der Waals surface area (Å²) in [6.45, 7) is 3.77. The second-order valence-corrected chi connectivity index (χ2v) is 3.14. The van der Waals surface area contributed by atoms with E-state index in [0.29, 0.717) is 6.61 Å². The van der Waals surface area contributed by atoms with Gasteiger partial charge in [-0.25, -0.2) is 0 Å². The lowest BCUT2D eigenvalue weighted by atomic mass is 10.0. The standard InChI is InChI=1S/C8H16O5/c1-3-12-8-7(11)6(10)5(9)4(2)13-8/h4-11H,3H2,1-2H3/t4-,5-,6+,7-,8?/m1/s1. The van der Waals surface area contributed by atoms with Crippen LogP contribution >= 0.6 is 0 Å². The smallest absolute Gasteiger partial charge is 0.186 e. The highest BCUT2D eigenvalue weighted by molar-refractivity contribution is 4.86. The molecule has 0 aromatic carbocycles. The van der Waals surface area contributed by atoms with Crippen LogP contribution in [0.2, 0.25) is 0 Å². The van der Waals surface area contributed by atoms with Crippen molar-refractivity contribution in [2.75, 3.05) is 6.61 Å². The molecule has 0 amide bonds. The van der Waals surface area contributed by atoms with Crippen LogP contribution in [0.15, 0.2) is 0 Å². The molecular weight excluding hydrogens is 176 g/mol. The molecule has 1 fully saturated rings. The highest BCUT2D eigenvalue weighted by Gasteiger charge is 2.42. The van der Waals surface area contributed by atoms with Crippen molar-refractivity contribution in [3.05, 3.63) is 0 Å². The van der Waals surface area contributed by atoms with E-state index in [1.165, 1.54) is 0 Å². The van der Waals surface area contributed by atoms with Gasteiger partial charge in [0.15, 0.2) is 6.29 Å². The van der Waals surface area contributed by atoms with Gasteiger partial charge < -0.3 is 24.8 Å². The Labute approximate surface area is 76.9 Å². The molecule has 1 aliphatic rings. The third-order valence-electron chi connectivity index (χ3n) is 2.14. The molecule has 3 N–H and O–H groups in total. The van der Waals surface area contributed by atoms with Crippen molar-refractivity contribution in [3.63, 3.8) is 0 Å². The van der Waals surface area contributed by atoms with Gasteiger partial charge in [0.05, 0.1) is 6.10 Å². The number of hydrogen-bond donors (Lipinski definition) is 3. The molecule has 1 heterocycles. The molecule has 0 aliphatic carbocycles. The van der Waals surface area contributed by atoms with Crippen molar-refractivity contribution in [1.82, 2.24) is 0 Å². The topological polar surface area (TPSA) is 79.2 Å². The van der Waals surface area contributed by atoms with Crippen LogP contribution in [0.4, 0.5) is 0 Å². The summed E-state index contributed by atoms with van der Waals surface area (Å²) in [4.78, 5) is 0. The van der Waals surface area contributed by atoms with E-state index in [2.05, 4.69) is 0 Å². The van der Waals surface area contributed by atoms with Crippen LogP contribution in [0.3, 0.4) is 0 Å². The molecule has 1 saturated heterocycles. The Hall–Kier alpha value is -0.200. The van der Waals surface area contributed by atoms with E-state index in [4.69, 9.17) is 9.47 Å². The Balaban J connectivity index is 2.59. The van der Waals surface area contributed by atoms with Crippen LogP contribution in [0.25, 0.3) is 0 Å². The summed E-state index contributed by atoms with van der Waals surface area (Å²) in [6.07, 6.45) is -4.84. The first-order chi connectivity index (χ1) is 6.07.